The topological polar surface area (TPSA) is 98.5 Å². The molecule has 0 atom stereocenters. The molecule has 1 aromatic heterocycles. The van der Waals surface area contributed by atoms with Crippen LogP contribution in [0.4, 0.5) is 5.00 Å². The Bertz CT molecular complexity index is 834. The van der Waals surface area contributed by atoms with E-state index in [-0.39, 0.29) is 27.8 Å². The second kappa shape index (κ2) is 9.07. The number of nitrogens with two attached hydrogens (primary N) is 1. The van der Waals surface area contributed by atoms with E-state index in [4.69, 9.17) is 17.3 Å². The highest BCUT2D eigenvalue weighted by Gasteiger charge is 2.24. The van der Waals surface area contributed by atoms with Gasteiger partial charge in [-0.2, -0.15) is 0 Å². The summed E-state index contributed by atoms with van der Waals surface area (Å²) < 4.78 is 4.69. The van der Waals surface area contributed by atoms with Gasteiger partial charge in [0.15, 0.2) is 0 Å². The van der Waals surface area contributed by atoms with Gasteiger partial charge in [0, 0.05) is 22.1 Å². The number of halogens is 1. The van der Waals surface area contributed by atoms with Crippen molar-refractivity contribution < 1.29 is 19.1 Å². The maximum Gasteiger partial charge on any atom is 0.348 e. The van der Waals surface area contributed by atoms with E-state index in [1.54, 1.807) is 19.1 Å². The van der Waals surface area contributed by atoms with Crippen molar-refractivity contribution in [2.24, 2.45) is 5.73 Å². The van der Waals surface area contributed by atoms with Crippen molar-refractivity contribution in [2.45, 2.75) is 18.2 Å². The quantitative estimate of drug-likeness (QED) is 0.533. The Morgan fingerprint density at radius 2 is 1.92 bits per heavy atom. The van der Waals surface area contributed by atoms with Gasteiger partial charge in [-0.25, -0.2) is 4.79 Å². The molecule has 0 fully saturated rings. The zero-order valence-electron chi connectivity index (χ0n) is 14.1. The van der Waals surface area contributed by atoms with Gasteiger partial charge in [-0.05, 0) is 36.8 Å². The van der Waals surface area contributed by atoms with Gasteiger partial charge >= 0.3 is 5.97 Å². The van der Waals surface area contributed by atoms with Gasteiger partial charge in [0.2, 0.25) is 5.91 Å². The fourth-order valence-electron chi connectivity index (χ4n) is 2.17. The van der Waals surface area contributed by atoms with Crippen LogP contribution in [0.25, 0.3) is 0 Å². The second-order valence-corrected chi connectivity index (χ2v) is 7.84. The molecule has 0 saturated carbocycles. The molecule has 6 nitrogen and oxygen atoms in total. The first-order valence-corrected chi connectivity index (χ1v) is 9.71. The third-order valence-electron chi connectivity index (χ3n) is 3.43. The van der Waals surface area contributed by atoms with Crippen LogP contribution in [0.2, 0.25) is 5.02 Å². The Labute approximate surface area is 164 Å². The van der Waals surface area contributed by atoms with Crippen molar-refractivity contribution in [3.63, 3.8) is 0 Å². The molecule has 2 amide bonds. The number of benzene rings is 1. The first-order chi connectivity index (χ1) is 12.3. The first-order valence-electron chi connectivity index (χ1n) is 7.53. The van der Waals surface area contributed by atoms with Gasteiger partial charge in [-0.1, -0.05) is 11.6 Å². The molecule has 1 aromatic carbocycles. The lowest BCUT2D eigenvalue weighted by molar-refractivity contribution is -0.115. The van der Waals surface area contributed by atoms with Crippen LogP contribution in [0.3, 0.4) is 0 Å². The van der Waals surface area contributed by atoms with E-state index in [9.17, 15) is 14.4 Å². The normalized spacial score (nSPS) is 10.4. The maximum absolute atomic E-state index is 12.2. The maximum atomic E-state index is 12.2. The Hall–Kier alpha value is -2.03. The Morgan fingerprint density at radius 3 is 2.50 bits per heavy atom. The summed E-state index contributed by atoms with van der Waals surface area (Å²) in [6, 6.07) is 7.32. The van der Waals surface area contributed by atoms with E-state index < -0.39 is 11.9 Å². The summed E-state index contributed by atoms with van der Waals surface area (Å²) in [6.45, 7) is 1.59. The zero-order chi connectivity index (χ0) is 19.3. The van der Waals surface area contributed by atoms with E-state index in [0.717, 1.165) is 16.2 Å². The van der Waals surface area contributed by atoms with Crippen molar-refractivity contribution in [2.75, 3.05) is 18.2 Å². The number of methoxy groups -OCH3 is 1. The monoisotopic (exact) mass is 412 g/mol. The SMILES string of the molecule is COC(=O)c1sc(NC(=O)CCSc2ccc(Cl)cc2)c(C(N)=O)c1C. The standard InChI is InChI=1S/C17H17ClN2O4S2/c1-9-13(15(19)22)16(26-14(9)17(23)24-2)20-12(21)7-8-25-11-5-3-10(18)4-6-11/h3-6H,7-8H2,1-2H3,(H2,19,22)(H,20,21). The number of carbonyl (C=O) groups is 3. The summed E-state index contributed by atoms with van der Waals surface area (Å²) in [7, 11) is 1.25. The molecule has 26 heavy (non-hydrogen) atoms. The van der Waals surface area contributed by atoms with Crippen LogP contribution < -0.4 is 11.1 Å². The van der Waals surface area contributed by atoms with Crippen LogP contribution in [0.1, 0.15) is 32.0 Å². The predicted octanol–water partition coefficient (Wildman–Crippen LogP) is 3.72. The minimum Gasteiger partial charge on any atom is -0.465 e. The Kier molecular flexibility index (Phi) is 7.07. The molecule has 2 aromatic rings. The number of hydrogen-bond donors (Lipinski definition) is 2. The average molecular weight is 413 g/mol. The highest BCUT2D eigenvalue weighted by molar-refractivity contribution is 7.99. The summed E-state index contributed by atoms with van der Waals surface area (Å²) in [6.07, 6.45) is 0.232. The van der Waals surface area contributed by atoms with Crippen molar-refractivity contribution in [3.05, 3.63) is 45.3 Å². The van der Waals surface area contributed by atoms with Crippen LogP contribution in [0, 0.1) is 6.92 Å². The average Bonchev–Trinajstić information content (AvgIpc) is 2.92. The van der Waals surface area contributed by atoms with E-state index >= 15 is 0 Å². The number of rotatable bonds is 7. The lowest BCUT2D eigenvalue weighted by Crippen LogP contribution is -2.17. The summed E-state index contributed by atoms with van der Waals surface area (Å²) >= 11 is 8.32. The van der Waals surface area contributed by atoms with Crippen LogP contribution in [0.5, 0.6) is 0 Å². The third-order valence-corrected chi connectivity index (χ3v) is 5.88. The van der Waals surface area contributed by atoms with Crippen LogP contribution in [0.15, 0.2) is 29.2 Å². The third kappa shape index (κ3) is 5.00. The van der Waals surface area contributed by atoms with Gasteiger partial charge in [0.05, 0.1) is 12.7 Å². The highest BCUT2D eigenvalue weighted by Crippen LogP contribution is 2.33. The molecule has 0 aliphatic carbocycles. The number of amides is 2. The van der Waals surface area contributed by atoms with E-state index in [1.807, 2.05) is 12.1 Å². The summed E-state index contributed by atoms with van der Waals surface area (Å²) in [5.74, 6) is -1.01. The van der Waals surface area contributed by atoms with Crippen LogP contribution >= 0.6 is 34.7 Å². The van der Waals surface area contributed by atoms with Gasteiger partial charge in [-0.3, -0.25) is 9.59 Å². The number of hydrogen-bond acceptors (Lipinski definition) is 6. The number of nitrogens with one attached hydrogen (secondary N) is 1. The molecule has 138 valence electrons. The van der Waals surface area contributed by atoms with Crippen molar-refractivity contribution >= 4 is 57.5 Å². The highest BCUT2D eigenvalue weighted by atomic mass is 35.5. The Balaban J connectivity index is 2.02. The number of ether oxygens (including phenoxy) is 1. The minimum atomic E-state index is -0.709. The fourth-order valence-corrected chi connectivity index (χ4v) is 4.29. The van der Waals surface area contributed by atoms with Crippen molar-refractivity contribution in [1.29, 1.82) is 0 Å². The molecule has 0 saturated heterocycles. The second-order valence-electron chi connectivity index (χ2n) is 5.22. The molecule has 0 spiro atoms. The molecule has 9 heteroatoms. The first kappa shape index (κ1) is 20.3. The molecule has 1 heterocycles. The number of thiophene rings is 1. The number of esters is 1. The molecule has 3 N–H and O–H groups in total. The number of anilines is 1. The largest absolute Gasteiger partial charge is 0.465 e. The van der Waals surface area contributed by atoms with Crippen molar-refractivity contribution in [3.8, 4) is 0 Å². The molecule has 0 aliphatic heterocycles. The van der Waals surface area contributed by atoms with Gasteiger partial charge in [-0.15, -0.1) is 23.1 Å². The number of carbonyl (C=O) groups excluding carboxylic acids is 3. The number of primary amides is 1. The zero-order valence-corrected chi connectivity index (χ0v) is 16.5. The van der Waals surface area contributed by atoms with Gasteiger partial charge < -0.3 is 15.8 Å². The van der Waals surface area contributed by atoms with Crippen molar-refractivity contribution in [1.82, 2.24) is 0 Å². The molecule has 0 bridgehead atoms. The minimum absolute atomic E-state index is 0.133. The van der Waals surface area contributed by atoms with E-state index in [0.29, 0.717) is 16.3 Å². The molecule has 0 unspecified atom stereocenters. The Morgan fingerprint density at radius 1 is 1.27 bits per heavy atom. The molecule has 2 rings (SSSR count). The summed E-state index contributed by atoms with van der Waals surface area (Å²) in [5, 5.41) is 3.58. The number of thioether (sulfide) groups is 1. The van der Waals surface area contributed by atoms with E-state index in [1.165, 1.54) is 18.9 Å². The van der Waals surface area contributed by atoms with Crippen LogP contribution in [-0.2, 0) is 9.53 Å². The van der Waals surface area contributed by atoms with Gasteiger partial charge in [0.25, 0.3) is 5.91 Å². The molecular weight excluding hydrogens is 396 g/mol. The summed E-state index contributed by atoms with van der Waals surface area (Å²) in [4.78, 5) is 36.9. The molecular formula is C17H17ClN2O4S2. The predicted molar refractivity (Wildman–Crippen MR) is 104 cm³/mol. The van der Waals surface area contributed by atoms with Gasteiger partial charge in [0.1, 0.15) is 9.88 Å². The summed E-state index contributed by atoms with van der Waals surface area (Å²) in [5.41, 5.74) is 5.92. The van der Waals surface area contributed by atoms with E-state index in [2.05, 4.69) is 10.1 Å². The van der Waals surface area contributed by atoms with Crippen LogP contribution in [-0.4, -0.2) is 30.6 Å². The molecule has 0 aliphatic rings. The molecule has 0 radical (unpaired) electrons. The smallest absolute Gasteiger partial charge is 0.348 e. The lowest BCUT2D eigenvalue weighted by atomic mass is 10.1. The fraction of sp³-hybridized carbons (Fsp3) is 0.235. The lowest BCUT2D eigenvalue weighted by Gasteiger charge is -2.05.